The summed E-state index contributed by atoms with van der Waals surface area (Å²) in [6.07, 6.45) is -4.45. The normalized spacial score (nSPS) is 21.6. The molecule has 1 aromatic heterocycles. The van der Waals surface area contributed by atoms with Gasteiger partial charge in [-0.1, -0.05) is 6.07 Å². The van der Waals surface area contributed by atoms with Crippen LogP contribution in [0.25, 0.3) is 0 Å². The van der Waals surface area contributed by atoms with Crippen molar-refractivity contribution >= 4 is 17.5 Å². The van der Waals surface area contributed by atoms with Gasteiger partial charge in [-0.15, -0.1) is 0 Å². The molecule has 12 heteroatoms. The Hall–Kier alpha value is -3.15. The molecule has 0 saturated heterocycles. The van der Waals surface area contributed by atoms with Gasteiger partial charge >= 0.3 is 6.18 Å². The summed E-state index contributed by atoms with van der Waals surface area (Å²) in [5.74, 6) is -7.09. The van der Waals surface area contributed by atoms with Crippen LogP contribution in [-0.2, 0) is 10.9 Å². The second-order valence-electron chi connectivity index (χ2n) is 6.50. The Bertz CT molecular complexity index is 1020. The number of nitrogens with zero attached hydrogens (tertiary/aromatic N) is 2. The lowest BCUT2D eigenvalue weighted by Crippen LogP contribution is -2.48. The molecule has 2 heterocycles. The van der Waals surface area contributed by atoms with Crippen LogP contribution in [-0.4, -0.2) is 35.2 Å². The highest BCUT2D eigenvalue weighted by atomic mass is 19.4. The molecule has 2 aromatic rings. The Morgan fingerprint density at radius 2 is 1.97 bits per heavy atom. The minimum Gasteiger partial charge on any atom is -0.475 e. The molecule has 1 aromatic carbocycles. The summed E-state index contributed by atoms with van der Waals surface area (Å²) >= 11 is 0. The summed E-state index contributed by atoms with van der Waals surface area (Å²) in [4.78, 5) is 19.1. The number of nitrogens with two attached hydrogens (primary N) is 1. The van der Waals surface area contributed by atoms with Crippen molar-refractivity contribution in [3.05, 3.63) is 58.9 Å². The van der Waals surface area contributed by atoms with Gasteiger partial charge in [-0.25, -0.2) is 23.1 Å². The summed E-state index contributed by atoms with van der Waals surface area (Å²) in [6.45, 7) is 0.785. The van der Waals surface area contributed by atoms with Gasteiger partial charge < -0.3 is 15.8 Å². The number of carbonyl (C=O) groups is 1. The second-order valence-corrected chi connectivity index (χ2v) is 6.50. The van der Waals surface area contributed by atoms with Crippen LogP contribution in [0.15, 0.2) is 35.5 Å². The van der Waals surface area contributed by atoms with Gasteiger partial charge in [0.15, 0.2) is 17.3 Å². The molecule has 1 aliphatic rings. The quantitative estimate of drug-likeness (QED) is 0.575. The Morgan fingerprint density at radius 3 is 2.60 bits per heavy atom. The number of aliphatic imine (C=N–C) groups is 1. The maximum Gasteiger partial charge on any atom is 0.419 e. The zero-order chi connectivity index (χ0) is 22.3. The van der Waals surface area contributed by atoms with Crippen molar-refractivity contribution in [2.75, 3.05) is 11.9 Å². The number of aromatic nitrogens is 1. The Morgan fingerprint density at radius 1 is 1.27 bits per heavy atom. The van der Waals surface area contributed by atoms with E-state index < -0.39 is 58.4 Å². The molecule has 0 bridgehead atoms. The molecular weight excluding hydrogens is 418 g/mol. The molecule has 3 rings (SSSR count). The number of nitrogens with one attached hydrogen (secondary N) is 1. The third-order valence-electron chi connectivity index (χ3n) is 4.28. The Balaban J connectivity index is 1.93. The third-order valence-corrected chi connectivity index (χ3v) is 4.28. The van der Waals surface area contributed by atoms with Crippen LogP contribution in [0, 0.1) is 11.6 Å². The molecule has 1 amide bonds. The average Bonchev–Trinajstić information content (AvgIpc) is 2.65. The zero-order valence-corrected chi connectivity index (χ0v) is 15.2. The first-order valence-electron chi connectivity index (χ1n) is 8.41. The number of anilines is 1. The van der Waals surface area contributed by atoms with Crippen molar-refractivity contribution < 1.29 is 35.9 Å². The van der Waals surface area contributed by atoms with Crippen molar-refractivity contribution in [3.63, 3.8) is 0 Å². The molecule has 30 heavy (non-hydrogen) atoms. The first kappa shape index (κ1) is 21.6. The van der Waals surface area contributed by atoms with Crippen LogP contribution < -0.4 is 11.1 Å². The van der Waals surface area contributed by atoms with Crippen LogP contribution >= 0.6 is 0 Å². The van der Waals surface area contributed by atoms with E-state index in [2.05, 4.69) is 9.98 Å². The predicted octanol–water partition coefficient (Wildman–Crippen LogP) is 3.42. The zero-order valence-electron chi connectivity index (χ0n) is 15.2. The lowest BCUT2D eigenvalue weighted by molar-refractivity contribution is -0.140. The molecule has 6 nitrogen and oxygen atoms in total. The van der Waals surface area contributed by atoms with Crippen LogP contribution in [0.4, 0.5) is 32.0 Å². The molecule has 0 radical (unpaired) electrons. The molecule has 1 aliphatic heterocycles. The number of benzene rings is 1. The molecule has 0 fully saturated rings. The maximum atomic E-state index is 14.8. The highest BCUT2D eigenvalue weighted by Crippen LogP contribution is 2.32. The molecule has 0 spiro atoms. The number of carbonyl (C=O) groups excluding carboxylic acids is 1. The third kappa shape index (κ3) is 4.08. The van der Waals surface area contributed by atoms with Crippen molar-refractivity contribution in [1.82, 2.24) is 4.98 Å². The van der Waals surface area contributed by atoms with Gasteiger partial charge in [-0.05, 0) is 25.1 Å². The maximum absolute atomic E-state index is 14.8. The number of halogens is 6. The summed E-state index contributed by atoms with van der Waals surface area (Å²) < 4.78 is 86.8. The van der Waals surface area contributed by atoms with E-state index >= 15 is 0 Å². The largest absolute Gasteiger partial charge is 0.475 e. The molecule has 0 aliphatic carbocycles. The van der Waals surface area contributed by atoms with Crippen molar-refractivity contribution in [2.24, 2.45) is 10.7 Å². The minimum atomic E-state index is -5.05. The molecule has 0 saturated carbocycles. The Labute approximate surface area is 165 Å². The fourth-order valence-electron chi connectivity index (χ4n) is 2.57. The highest BCUT2D eigenvalue weighted by Gasteiger charge is 2.38. The second kappa shape index (κ2) is 7.59. The van der Waals surface area contributed by atoms with E-state index in [1.807, 2.05) is 5.32 Å². The van der Waals surface area contributed by atoms with Gasteiger partial charge in [-0.3, -0.25) is 4.79 Å². The average molecular weight is 432 g/mol. The summed E-state index contributed by atoms with van der Waals surface area (Å²) in [7, 11) is 0. The van der Waals surface area contributed by atoms with E-state index in [-0.39, 0.29) is 12.2 Å². The van der Waals surface area contributed by atoms with Crippen LogP contribution in [0.2, 0.25) is 0 Å². The van der Waals surface area contributed by atoms with Gasteiger partial charge in [0.05, 0.1) is 22.9 Å². The van der Waals surface area contributed by atoms with E-state index in [0.717, 1.165) is 13.0 Å². The summed E-state index contributed by atoms with van der Waals surface area (Å²) in [5.41, 5.74) is 1.79. The standard InChI is InChI=1S/C18H14F6N4O2/c1-17(21)11(25)7-30-16(28-17)8-3-2-4-10(12(8)19)27-15(29)14-13(20)9(5-6-26-14)18(22,23)24/h2-6,11H,7,25H2,1H3,(H,27,29)/t11-,17+/m1/s1. The molecule has 160 valence electrons. The van der Waals surface area contributed by atoms with E-state index in [1.54, 1.807) is 0 Å². The van der Waals surface area contributed by atoms with Gasteiger partial charge in [0.25, 0.3) is 5.91 Å². The lowest BCUT2D eigenvalue weighted by atomic mass is 10.1. The number of pyridine rings is 1. The molecule has 0 unspecified atom stereocenters. The Kier molecular flexibility index (Phi) is 5.46. The SMILES string of the molecule is C[C@]1(F)N=C(c2cccc(NC(=O)c3nccc(C(F)(F)F)c3F)c2F)OC[C@H]1N. The van der Waals surface area contributed by atoms with Gasteiger partial charge in [0.1, 0.15) is 6.61 Å². The smallest absolute Gasteiger partial charge is 0.419 e. The monoisotopic (exact) mass is 432 g/mol. The minimum absolute atomic E-state index is 0.290. The molecule has 2 atom stereocenters. The van der Waals surface area contributed by atoms with Crippen LogP contribution in [0.5, 0.6) is 0 Å². The first-order valence-corrected chi connectivity index (χ1v) is 8.41. The van der Waals surface area contributed by atoms with Gasteiger partial charge in [-0.2, -0.15) is 13.2 Å². The van der Waals surface area contributed by atoms with E-state index in [1.165, 1.54) is 12.1 Å². The number of rotatable bonds is 3. The highest BCUT2D eigenvalue weighted by molar-refractivity contribution is 6.04. The number of amides is 1. The van der Waals surface area contributed by atoms with Crippen molar-refractivity contribution in [3.8, 4) is 0 Å². The predicted molar refractivity (Wildman–Crippen MR) is 93.5 cm³/mol. The fraction of sp³-hybridized carbons (Fsp3) is 0.278. The van der Waals surface area contributed by atoms with E-state index in [4.69, 9.17) is 10.5 Å². The summed E-state index contributed by atoms with van der Waals surface area (Å²) in [6, 6.07) is 2.78. The first-order chi connectivity index (χ1) is 13.9. The van der Waals surface area contributed by atoms with Crippen molar-refractivity contribution in [2.45, 2.75) is 24.9 Å². The summed E-state index contributed by atoms with van der Waals surface area (Å²) in [5, 5.41) is 1.94. The number of hydrogen-bond acceptors (Lipinski definition) is 5. The molecule has 3 N–H and O–H groups in total. The van der Waals surface area contributed by atoms with E-state index in [9.17, 15) is 31.1 Å². The number of hydrogen-bond donors (Lipinski definition) is 2. The fourth-order valence-corrected chi connectivity index (χ4v) is 2.57. The van der Waals surface area contributed by atoms with Crippen LogP contribution in [0.1, 0.15) is 28.5 Å². The van der Waals surface area contributed by atoms with Crippen molar-refractivity contribution in [1.29, 1.82) is 0 Å². The van der Waals surface area contributed by atoms with E-state index in [0.29, 0.717) is 12.3 Å². The lowest BCUT2D eigenvalue weighted by Gasteiger charge is -2.29. The topological polar surface area (TPSA) is 89.6 Å². The van der Waals surface area contributed by atoms with Gasteiger partial charge in [0.2, 0.25) is 11.7 Å². The van der Waals surface area contributed by atoms with Gasteiger partial charge in [0, 0.05) is 6.20 Å². The van der Waals surface area contributed by atoms with Crippen LogP contribution in [0.3, 0.4) is 0 Å². The number of alkyl halides is 4. The number of ether oxygens (including phenoxy) is 1. The molecular formula is C18H14F6N4O2.